The van der Waals surface area contributed by atoms with Crippen molar-refractivity contribution in [3.63, 3.8) is 0 Å². The topological polar surface area (TPSA) is 43.4 Å². The number of carbonyl (C=O) groups is 2. The predicted octanol–water partition coefficient (Wildman–Crippen LogP) is 6.79. The van der Waals surface area contributed by atoms with E-state index in [4.69, 9.17) is 4.74 Å². The fourth-order valence-electron chi connectivity index (χ4n) is 3.26. The van der Waals surface area contributed by atoms with Crippen molar-refractivity contribution in [2.24, 2.45) is 0 Å². The van der Waals surface area contributed by atoms with Gasteiger partial charge in [0.25, 0.3) is 0 Å². The minimum atomic E-state index is 0. The summed E-state index contributed by atoms with van der Waals surface area (Å²) in [6, 6.07) is 23.3. The first-order valence-corrected chi connectivity index (χ1v) is 10.7. The van der Waals surface area contributed by atoms with Crippen molar-refractivity contribution < 1.29 is 31.4 Å². The quantitative estimate of drug-likeness (QED) is 0.137. The Kier molecular flexibility index (Phi) is 13.2. The second kappa shape index (κ2) is 15.4. The molecule has 0 atom stereocenters. The standard InChI is InChI=1S/C20H25O2.C7H7O.Fe/c1-22-19-15-13-18(14-16-19)20(21)12-6-4-2-3-5-9-17-10-7-8-11-17;1-6(8)7-4-2-3-5-7;/h7-8,10-11,13-16H,2-6,9,12H2,1H3;2-5H,1H3;/q-1;-5;. The van der Waals surface area contributed by atoms with Crippen LogP contribution in [0.2, 0.25) is 0 Å². The maximum Gasteiger partial charge on any atom is 0.162 e. The van der Waals surface area contributed by atoms with E-state index in [1.54, 1.807) is 14.0 Å². The SMILES string of the molecule is CC(=O)[c-]1[cH-][cH-][cH-][cH-]1.COc1ccc(C(=O)CCCCCCC[c-]2cccc2)cc1.[Fe]. The van der Waals surface area contributed by atoms with Crippen LogP contribution in [0.1, 0.15) is 71.7 Å². The van der Waals surface area contributed by atoms with E-state index in [-0.39, 0.29) is 28.6 Å². The zero-order valence-corrected chi connectivity index (χ0v) is 19.6. The molecule has 172 valence electrons. The van der Waals surface area contributed by atoms with Gasteiger partial charge in [-0.25, -0.2) is 12.1 Å². The summed E-state index contributed by atoms with van der Waals surface area (Å²) in [7, 11) is 1.63. The van der Waals surface area contributed by atoms with Gasteiger partial charge >= 0.3 is 0 Å². The van der Waals surface area contributed by atoms with Crippen molar-refractivity contribution in [1.82, 2.24) is 0 Å². The first kappa shape index (κ1) is 26.6. The second-order valence-corrected chi connectivity index (χ2v) is 7.44. The van der Waals surface area contributed by atoms with Crippen LogP contribution in [-0.2, 0) is 23.5 Å². The Labute approximate surface area is 197 Å². The van der Waals surface area contributed by atoms with E-state index in [0.29, 0.717) is 6.42 Å². The number of ketones is 2. The number of rotatable bonds is 11. The molecule has 3 nitrogen and oxygen atoms in total. The number of hydrogen-bond donors (Lipinski definition) is 0. The molecule has 0 amide bonds. The number of methoxy groups -OCH3 is 1. The van der Waals surface area contributed by atoms with Gasteiger partial charge in [0.1, 0.15) is 5.75 Å². The van der Waals surface area contributed by atoms with Crippen molar-refractivity contribution >= 4 is 11.6 Å². The Bertz CT molecular complexity index is 847. The normalized spacial score (nSPS) is 9.87. The zero-order chi connectivity index (χ0) is 21.6. The Balaban J connectivity index is 0.000000450. The maximum absolute atomic E-state index is 12.0. The van der Waals surface area contributed by atoms with Gasteiger partial charge in [-0.1, -0.05) is 32.1 Å². The van der Waals surface area contributed by atoms with E-state index in [0.717, 1.165) is 29.7 Å². The van der Waals surface area contributed by atoms with E-state index in [9.17, 15) is 9.59 Å². The summed E-state index contributed by atoms with van der Waals surface area (Å²) >= 11 is 0. The number of Topliss-reactive ketones (excluding diaryl/α,β-unsaturated/α-hetero) is 2. The van der Waals surface area contributed by atoms with Crippen molar-refractivity contribution in [2.75, 3.05) is 7.11 Å². The molecule has 0 radical (unpaired) electrons. The van der Waals surface area contributed by atoms with Gasteiger partial charge in [0.15, 0.2) is 5.78 Å². The number of aryl methyl sites for hydroxylation is 1. The summed E-state index contributed by atoms with van der Waals surface area (Å²) in [6.45, 7) is 1.56. The molecule has 0 N–H and O–H groups in total. The molecule has 0 bridgehead atoms. The third-order valence-corrected chi connectivity index (χ3v) is 5.08. The Morgan fingerprint density at radius 3 is 2.03 bits per heavy atom. The van der Waals surface area contributed by atoms with Crippen molar-refractivity contribution in [2.45, 2.75) is 51.9 Å². The molecule has 0 aromatic heterocycles. The van der Waals surface area contributed by atoms with Gasteiger partial charge in [-0.15, -0.1) is 6.92 Å². The van der Waals surface area contributed by atoms with Gasteiger partial charge < -0.3 is 39.4 Å². The maximum atomic E-state index is 12.0. The van der Waals surface area contributed by atoms with Crippen molar-refractivity contribution in [3.8, 4) is 5.75 Å². The number of unbranched alkanes of at least 4 members (excludes halogenated alkanes) is 4. The number of ether oxygens (including phenoxy) is 1. The number of benzene rings is 1. The molecule has 0 aliphatic rings. The van der Waals surface area contributed by atoms with Crippen molar-refractivity contribution in [3.05, 3.63) is 89.5 Å². The van der Waals surface area contributed by atoms with Gasteiger partial charge in [0.2, 0.25) is 0 Å². The molecular weight excluding hydrogens is 428 g/mol. The molecule has 0 aliphatic carbocycles. The fraction of sp³-hybridized carbons (Fsp3) is 0.333. The molecule has 0 saturated carbocycles. The van der Waals surface area contributed by atoms with Crippen molar-refractivity contribution in [1.29, 1.82) is 0 Å². The number of hydrogen-bond acceptors (Lipinski definition) is 3. The van der Waals surface area contributed by atoms with Gasteiger partial charge in [0.05, 0.1) is 7.11 Å². The van der Waals surface area contributed by atoms with Crippen LogP contribution in [0.3, 0.4) is 0 Å². The van der Waals surface area contributed by atoms with E-state index < -0.39 is 0 Å². The average Bonchev–Trinajstić information content (AvgIpc) is 3.48. The van der Waals surface area contributed by atoms with Gasteiger partial charge in [-0.2, -0.15) is 17.7 Å². The van der Waals surface area contributed by atoms with E-state index >= 15 is 0 Å². The van der Waals surface area contributed by atoms with Gasteiger partial charge in [-0.3, -0.25) is 10.6 Å². The van der Waals surface area contributed by atoms with Crippen LogP contribution in [0.4, 0.5) is 0 Å². The molecule has 0 unspecified atom stereocenters. The second-order valence-electron chi connectivity index (χ2n) is 7.44. The molecular formula is C27H32FeO3-6. The largest absolute Gasteiger partial charge is 0.718 e. The molecule has 0 aliphatic heterocycles. The summed E-state index contributed by atoms with van der Waals surface area (Å²) < 4.78 is 5.10. The van der Waals surface area contributed by atoms with Crippen LogP contribution in [0.5, 0.6) is 5.75 Å². The minimum absolute atomic E-state index is 0. The van der Waals surface area contributed by atoms with Crippen LogP contribution < -0.4 is 4.74 Å². The Hall–Kier alpha value is -2.42. The van der Waals surface area contributed by atoms with E-state index in [1.165, 1.54) is 31.2 Å². The number of carbonyl (C=O) groups excluding carboxylic acids is 2. The average molecular weight is 460 g/mol. The predicted molar refractivity (Wildman–Crippen MR) is 123 cm³/mol. The van der Waals surface area contributed by atoms with Crippen LogP contribution in [-0.4, -0.2) is 18.7 Å². The van der Waals surface area contributed by atoms with Crippen LogP contribution in [0.25, 0.3) is 0 Å². The molecule has 0 spiro atoms. The van der Waals surface area contributed by atoms with Crippen LogP contribution in [0.15, 0.2) is 72.8 Å². The van der Waals surface area contributed by atoms with Gasteiger partial charge in [-0.05, 0) is 30.7 Å². The minimum Gasteiger partial charge on any atom is -0.718 e. The van der Waals surface area contributed by atoms with Gasteiger partial charge in [0, 0.05) is 29.1 Å². The summed E-state index contributed by atoms with van der Waals surface area (Å²) in [5.41, 5.74) is 3.02. The fourth-order valence-corrected chi connectivity index (χ4v) is 3.26. The van der Waals surface area contributed by atoms with E-state index in [2.05, 4.69) is 24.3 Å². The third-order valence-electron chi connectivity index (χ3n) is 5.08. The Morgan fingerprint density at radius 1 is 0.903 bits per heavy atom. The summed E-state index contributed by atoms with van der Waals surface area (Å²) in [5.74, 6) is 1.16. The first-order valence-electron chi connectivity index (χ1n) is 10.7. The summed E-state index contributed by atoms with van der Waals surface area (Å²) in [4.78, 5) is 22.6. The van der Waals surface area contributed by atoms with E-state index in [1.807, 2.05) is 48.5 Å². The molecule has 0 heterocycles. The summed E-state index contributed by atoms with van der Waals surface area (Å²) in [6.07, 6.45) is 7.67. The molecule has 3 aromatic rings. The molecule has 31 heavy (non-hydrogen) atoms. The monoisotopic (exact) mass is 460 g/mol. The summed E-state index contributed by atoms with van der Waals surface area (Å²) in [5, 5.41) is 0. The molecule has 0 saturated heterocycles. The molecule has 3 aromatic carbocycles. The van der Waals surface area contributed by atoms with Crippen LogP contribution >= 0.6 is 0 Å². The smallest absolute Gasteiger partial charge is 0.162 e. The molecule has 3 rings (SSSR count). The third kappa shape index (κ3) is 10.4. The Morgan fingerprint density at radius 2 is 1.48 bits per heavy atom. The first-order chi connectivity index (χ1) is 14.6. The molecule has 0 fully saturated rings. The zero-order valence-electron chi connectivity index (χ0n) is 18.5. The molecule has 4 heteroatoms. The van der Waals surface area contributed by atoms with Crippen LogP contribution in [0, 0.1) is 0 Å².